The molecule has 0 spiro atoms. The highest BCUT2D eigenvalue weighted by Crippen LogP contribution is 2.21. The van der Waals surface area contributed by atoms with Crippen molar-refractivity contribution in [3.63, 3.8) is 0 Å². The van der Waals surface area contributed by atoms with Crippen LogP contribution in [0.1, 0.15) is 26.2 Å². The zero-order valence-electron chi connectivity index (χ0n) is 8.66. The van der Waals surface area contributed by atoms with E-state index in [1.54, 1.807) is 7.11 Å². The van der Waals surface area contributed by atoms with Crippen molar-refractivity contribution in [2.45, 2.75) is 38.3 Å². The van der Waals surface area contributed by atoms with E-state index in [4.69, 9.17) is 4.74 Å². The highest BCUT2D eigenvalue weighted by Gasteiger charge is 2.28. The highest BCUT2D eigenvalue weighted by molar-refractivity contribution is 4.83. The number of ether oxygens (including phenoxy) is 1. The van der Waals surface area contributed by atoms with Crippen molar-refractivity contribution >= 4 is 0 Å². The molecule has 2 atom stereocenters. The van der Waals surface area contributed by atoms with E-state index in [9.17, 15) is 5.11 Å². The summed E-state index contributed by atoms with van der Waals surface area (Å²) in [6.45, 7) is 4.24. The molecule has 1 radical (unpaired) electrons. The summed E-state index contributed by atoms with van der Waals surface area (Å²) >= 11 is 0. The van der Waals surface area contributed by atoms with Crippen LogP contribution in [0.3, 0.4) is 0 Å². The summed E-state index contributed by atoms with van der Waals surface area (Å²) in [5.74, 6) is 0. The molecule has 3 heteroatoms. The number of hydrogen-bond donors (Lipinski definition) is 0. The average molecular weight is 186 g/mol. The average Bonchev–Trinajstić information content (AvgIpc) is 2.61. The third kappa shape index (κ3) is 2.93. The number of likely N-dealkylation sites (tertiary alicyclic amines) is 1. The lowest BCUT2D eigenvalue weighted by Gasteiger charge is -2.28. The van der Waals surface area contributed by atoms with Crippen LogP contribution in [0.5, 0.6) is 0 Å². The standard InChI is InChI=1S/C10H20NO2/c1-9(13-2)10-5-3-6-11(10)7-4-8-12/h9-10H,3-8H2,1-2H3. The molecule has 3 nitrogen and oxygen atoms in total. The first-order valence-electron chi connectivity index (χ1n) is 5.14. The molecule has 1 aliphatic heterocycles. The molecule has 0 aromatic heterocycles. The minimum Gasteiger partial charge on any atom is -0.380 e. The van der Waals surface area contributed by atoms with E-state index in [0.29, 0.717) is 12.1 Å². The molecule has 0 N–H and O–H groups in total. The topological polar surface area (TPSA) is 32.4 Å². The second-order valence-corrected chi connectivity index (χ2v) is 3.74. The zero-order valence-corrected chi connectivity index (χ0v) is 8.66. The van der Waals surface area contributed by atoms with E-state index in [1.165, 1.54) is 12.8 Å². The molecule has 0 bridgehead atoms. The van der Waals surface area contributed by atoms with Crippen LogP contribution in [-0.4, -0.2) is 43.9 Å². The van der Waals surface area contributed by atoms with Gasteiger partial charge in [0.15, 0.2) is 0 Å². The lowest BCUT2D eigenvalue weighted by molar-refractivity contribution is 0.0403. The second kappa shape index (κ2) is 5.58. The first-order valence-corrected chi connectivity index (χ1v) is 5.14. The summed E-state index contributed by atoms with van der Waals surface area (Å²) in [6.07, 6.45) is 3.53. The summed E-state index contributed by atoms with van der Waals surface area (Å²) in [7, 11) is 1.76. The Labute approximate surface area is 80.7 Å². The number of rotatable bonds is 5. The summed E-state index contributed by atoms with van der Waals surface area (Å²) in [4.78, 5) is 2.39. The smallest absolute Gasteiger partial charge is 0.0834 e. The van der Waals surface area contributed by atoms with Gasteiger partial charge in [-0.2, -0.15) is 0 Å². The molecular formula is C10H20NO2. The molecule has 0 aromatic rings. The van der Waals surface area contributed by atoms with Crippen LogP contribution < -0.4 is 0 Å². The third-order valence-electron chi connectivity index (χ3n) is 2.92. The molecule has 1 rings (SSSR count). The van der Waals surface area contributed by atoms with Crippen LogP contribution in [0, 0.1) is 0 Å². The molecule has 77 valence electrons. The Morgan fingerprint density at radius 2 is 2.38 bits per heavy atom. The van der Waals surface area contributed by atoms with Crippen molar-refractivity contribution in [1.82, 2.24) is 4.90 Å². The van der Waals surface area contributed by atoms with Crippen LogP contribution in [0.25, 0.3) is 0 Å². The van der Waals surface area contributed by atoms with Gasteiger partial charge in [-0.15, -0.1) is 0 Å². The SMILES string of the molecule is COC(C)C1CCCN1CCC[O]. The van der Waals surface area contributed by atoms with Crippen LogP contribution >= 0.6 is 0 Å². The molecule has 0 aliphatic carbocycles. The van der Waals surface area contributed by atoms with Crippen molar-refractivity contribution in [2.24, 2.45) is 0 Å². The third-order valence-corrected chi connectivity index (χ3v) is 2.92. The van der Waals surface area contributed by atoms with Gasteiger partial charge < -0.3 is 4.74 Å². The van der Waals surface area contributed by atoms with Gasteiger partial charge in [-0.05, 0) is 32.7 Å². The Kier molecular flexibility index (Phi) is 4.70. The molecule has 1 saturated heterocycles. The molecule has 1 heterocycles. The fraction of sp³-hybridized carbons (Fsp3) is 1.00. The van der Waals surface area contributed by atoms with Gasteiger partial charge in [-0.3, -0.25) is 4.90 Å². The Balaban J connectivity index is 2.34. The maximum Gasteiger partial charge on any atom is 0.0834 e. The van der Waals surface area contributed by atoms with Gasteiger partial charge in [0.1, 0.15) is 0 Å². The fourth-order valence-corrected chi connectivity index (χ4v) is 2.09. The summed E-state index contributed by atoms with van der Waals surface area (Å²) in [6, 6.07) is 0.538. The quantitative estimate of drug-likeness (QED) is 0.648. The summed E-state index contributed by atoms with van der Waals surface area (Å²) in [5, 5.41) is 10.4. The van der Waals surface area contributed by atoms with Gasteiger partial charge in [-0.1, -0.05) is 0 Å². The maximum atomic E-state index is 10.4. The Morgan fingerprint density at radius 3 is 3.00 bits per heavy atom. The number of hydrogen-bond acceptors (Lipinski definition) is 2. The van der Waals surface area contributed by atoms with Gasteiger partial charge in [-0.25, -0.2) is 5.11 Å². The van der Waals surface area contributed by atoms with Crippen LogP contribution in [0.15, 0.2) is 0 Å². The highest BCUT2D eigenvalue weighted by atomic mass is 16.5. The zero-order chi connectivity index (χ0) is 9.68. The Morgan fingerprint density at radius 1 is 1.62 bits per heavy atom. The molecule has 0 aromatic carbocycles. The van der Waals surface area contributed by atoms with Gasteiger partial charge >= 0.3 is 0 Å². The molecule has 0 amide bonds. The van der Waals surface area contributed by atoms with Crippen LogP contribution in [-0.2, 0) is 9.84 Å². The minimum atomic E-state index is 0.0462. The monoisotopic (exact) mass is 186 g/mol. The molecule has 1 aliphatic rings. The fourth-order valence-electron chi connectivity index (χ4n) is 2.09. The summed E-state index contributed by atoms with van der Waals surface area (Å²) in [5.41, 5.74) is 0. The molecular weight excluding hydrogens is 166 g/mol. The van der Waals surface area contributed by atoms with Crippen LogP contribution in [0.2, 0.25) is 0 Å². The normalized spacial score (nSPS) is 26.5. The minimum absolute atomic E-state index is 0.0462. The van der Waals surface area contributed by atoms with Crippen molar-refractivity contribution in [3.8, 4) is 0 Å². The molecule has 13 heavy (non-hydrogen) atoms. The van der Waals surface area contributed by atoms with Gasteiger partial charge in [0.25, 0.3) is 0 Å². The van der Waals surface area contributed by atoms with E-state index < -0.39 is 0 Å². The van der Waals surface area contributed by atoms with E-state index in [-0.39, 0.29) is 6.61 Å². The Bertz CT molecular complexity index is 141. The van der Waals surface area contributed by atoms with Gasteiger partial charge in [0.2, 0.25) is 0 Å². The molecule has 0 saturated carbocycles. The molecule has 1 fully saturated rings. The van der Waals surface area contributed by atoms with Crippen LogP contribution in [0.4, 0.5) is 0 Å². The van der Waals surface area contributed by atoms with Crippen molar-refractivity contribution in [3.05, 3.63) is 0 Å². The van der Waals surface area contributed by atoms with E-state index in [1.807, 2.05) is 0 Å². The first kappa shape index (κ1) is 11.0. The number of nitrogens with zero attached hydrogens (tertiary/aromatic N) is 1. The Hall–Kier alpha value is -0.120. The number of methoxy groups -OCH3 is 1. The predicted octanol–water partition coefficient (Wildman–Crippen LogP) is 1.31. The maximum absolute atomic E-state index is 10.4. The second-order valence-electron chi connectivity index (χ2n) is 3.74. The van der Waals surface area contributed by atoms with Crippen molar-refractivity contribution < 1.29 is 9.84 Å². The summed E-state index contributed by atoms with van der Waals surface area (Å²) < 4.78 is 5.32. The molecule has 2 unspecified atom stereocenters. The first-order chi connectivity index (χ1) is 6.29. The largest absolute Gasteiger partial charge is 0.380 e. The van der Waals surface area contributed by atoms with E-state index >= 15 is 0 Å². The van der Waals surface area contributed by atoms with Gasteiger partial charge in [0.05, 0.1) is 12.7 Å². The van der Waals surface area contributed by atoms with E-state index in [2.05, 4.69) is 11.8 Å². The predicted molar refractivity (Wildman–Crippen MR) is 51.2 cm³/mol. The van der Waals surface area contributed by atoms with Gasteiger partial charge in [0, 0.05) is 19.7 Å². The lowest BCUT2D eigenvalue weighted by Crippen LogP contribution is -2.39. The van der Waals surface area contributed by atoms with Crippen molar-refractivity contribution in [1.29, 1.82) is 0 Å². The van der Waals surface area contributed by atoms with E-state index in [0.717, 1.165) is 19.5 Å². The lowest BCUT2D eigenvalue weighted by atomic mass is 10.1. The van der Waals surface area contributed by atoms with Crippen molar-refractivity contribution in [2.75, 3.05) is 26.8 Å².